The van der Waals surface area contributed by atoms with Gasteiger partial charge in [-0.2, -0.15) is 5.26 Å². The van der Waals surface area contributed by atoms with Crippen LogP contribution in [0.1, 0.15) is 11.1 Å². The van der Waals surface area contributed by atoms with Crippen LogP contribution in [0.4, 0.5) is 5.82 Å². The molecule has 5 rings (SSSR count). The zero-order chi connectivity index (χ0) is 21.8. The van der Waals surface area contributed by atoms with Crippen LogP contribution in [0.3, 0.4) is 0 Å². The van der Waals surface area contributed by atoms with Crippen LogP contribution in [0, 0.1) is 11.3 Å². The van der Waals surface area contributed by atoms with Gasteiger partial charge in [-0.05, 0) is 36.2 Å². The summed E-state index contributed by atoms with van der Waals surface area (Å²) in [5.41, 5.74) is 4.98. The molecule has 4 aromatic heterocycles. The van der Waals surface area contributed by atoms with Crippen LogP contribution in [-0.4, -0.2) is 31.5 Å². The van der Waals surface area contributed by atoms with Crippen molar-refractivity contribution in [3.8, 4) is 28.8 Å². The Balaban J connectivity index is 1.44. The third-order valence-corrected chi connectivity index (χ3v) is 5.16. The van der Waals surface area contributed by atoms with Crippen molar-refractivity contribution in [2.24, 2.45) is 0 Å². The van der Waals surface area contributed by atoms with Crippen LogP contribution in [0.2, 0.25) is 0 Å². The highest BCUT2D eigenvalue weighted by Gasteiger charge is 2.11. The molecule has 0 amide bonds. The van der Waals surface area contributed by atoms with E-state index in [0.717, 1.165) is 17.5 Å². The molecule has 154 valence electrons. The van der Waals surface area contributed by atoms with Crippen molar-refractivity contribution in [1.29, 1.82) is 5.26 Å². The van der Waals surface area contributed by atoms with Gasteiger partial charge in [-0.3, -0.25) is 9.97 Å². The fourth-order valence-corrected chi connectivity index (χ4v) is 3.60. The number of para-hydroxylation sites is 1. The average Bonchev–Trinajstić information content (AvgIpc) is 3.27. The summed E-state index contributed by atoms with van der Waals surface area (Å²) in [6, 6.07) is 19.7. The van der Waals surface area contributed by atoms with Gasteiger partial charge in [-0.15, -0.1) is 0 Å². The highest BCUT2D eigenvalue weighted by Crippen LogP contribution is 2.24. The Morgan fingerprint density at radius 2 is 1.88 bits per heavy atom. The molecule has 5 aromatic rings. The number of anilines is 1. The van der Waals surface area contributed by atoms with Gasteiger partial charge >= 0.3 is 0 Å². The van der Waals surface area contributed by atoms with Gasteiger partial charge in [0.05, 0.1) is 11.3 Å². The third-order valence-electron chi connectivity index (χ3n) is 5.16. The Kier molecular flexibility index (Phi) is 5.25. The summed E-state index contributed by atoms with van der Waals surface area (Å²) in [7, 11) is 0. The molecule has 0 fully saturated rings. The van der Waals surface area contributed by atoms with Gasteiger partial charge in [0, 0.05) is 53.9 Å². The molecule has 2 N–H and O–H groups in total. The Bertz CT molecular complexity index is 1420. The van der Waals surface area contributed by atoms with Crippen molar-refractivity contribution in [2.75, 3.05) is 11.9 Å². The first-order chi connectivity index (χ1) is 15.8. The number of H-pyrrole nitrogens is 1. The molecule has 0 saturated heterocycles. The fourth-order valence-electron chi connectivity index (χ4n) is 3.60. The average molecular weight is 417 g/mol. The normalized spacial score (nSPS) is 10.7. The molecule has 4 heterocycles. The van der Waals surface area contributed by atoms with Crippen molar-refractivity contribution in [3.05, 3.63) is 90.5 Å². The quantitative estimate of drug-likeness (QED) is 0.418. The van der Waals surface area contributed by atoms with Gasteiger partial charge in [-0.1, -0.05) is 24.3 Å². The Hall–Kier alpha value is -4.57. The smallest absolute Gasteiger partial charge is 0.180 e. The molecule has 32 heavy (non-hydrogen) atoms. The third kappa shape index (κ3) is 4.02. The number of nitrogens with zero attached hydrogens (tertiary/aromatic N) is 5. The van der Waals surface area contributed by atoms with Gasteiger partial charge in [0.1, 0.15) is 17.6 Å². The number of hydrogen-bond acceptors (Lipinski definition) is 6. The number of benzene rings is 1. The standard InChI is InChI=1S/C25H19N7/c26-13-17-11-19(15-27-14-17)23-12-24(32-25(31-23)22-7-3-4-9-28-22)29-10-8-18-16-30-21-6-2-1-5-20(18)21/h1-7,9,11-12,14-16,30H,8,10H2,(H,29,31,32). The van der Waals surface area contributed by atoms with E-state index >= 15 is 0 Å². The van der Waals surface area contributed by atoms with E-state index < -0.39 is 0 Å². The first-order valence-corrected chi connectivity index (χ1v) is 10.2. The van der Waals surface area contributed by atoms with E-state index in [1.165, 1.54) is 17.1 Å². The molecule has 7 heteroatoms. The van der Waals surface area contributed by atoms with Crippen LogP contribution in [0.25, 0.3) is 33.7 Å². The van der Waals surface area contributed by atoms with Crippen molar-refractivity contribution >= 4 is 16.7 Å². The summed E-state index contributed by atoms with van der Waals surface area (Å²) < 4.78 is 0. The molecule has 0 aliphatic heterocycles. The maximum absolute atomic E-state index is 9.23. The van der Waals surface area contributed by atoms with Gasteiger partial charge in [0.15, 0.2) is 5.82 Å². The first-order valence-electron chi connectivity index (χ1n) is 10.2. The van der Waals surface area contributed by atoms with Crippen LogP contribution < -0.4 is 5.32 Å². The molecule has 0 spiro atoms. The number of rotatable bonds is 6. The number of aromatic nitrogens is 5. The molecule has 0 bridgehead atoms. The van der Waals surface area contributed by atoms with Crippen LogP contribution in [-0.2, 0) is 6.42 Å². The minimum absolute atomic E-state index is 0.481. The van der Waals surface area contributed by atoms with Crippen LogP contribution >= 0.6 is 0 Å². The molecule has 1 aromatic carbocycles. The Morgan fingerprint density at radius 1 is 0.969 bits per heavy atom. The topological polar surface area (TPSA) is 103 Å². The van der Waals surface area contributed by atoms with Crippen LogP contribution in [0.5, 0.6) is 0 Å². The molecular weight excluding hydrogens is 398 g/mol. The largest absolute Gasteiger partial charge is 0.370 e. The molecule has 0 radical (unpaired) electrons. The zero-order valence-electron chi connectivity index (χ0n) is 17.2. The van der Waals surface area contributed by atoms with Crippen molar-refractivity contribution in [2.45, 2.75) is 6.42 Å². The van der Waals surface area contributed by atoms with Crippen molar-refractivity contribution < 1.29 is 0 Å². The number of nitriles is 1. The van der Waals surface area contributed by atoms with E-state index in [0.29, 0.717) is 35.1 Å². The zero-order valence-corrected chi connectivity index (χ0v) is 17.2. The molecule has 0 unspecified atom stereocenters. The Morgan fingerprint density at radius 3 is 2.75 bits per heavy atom. The Labute approximate surface area is 184 Å². The summed E-state index contributed by atoms with van der Waals surface area (Å²) in [5.74, 6) is 1.21. The first kappa shape index (κ1) is 19.4. The van der Waals surface area contributed by atoms with E-state index in [4.69, 9.17) is 0 Å². The van der Waals surface area contributed by atoms with E-state index in [2.05, 4.69) is 54.6 Å². The fraction of sp³-hybridized carbons (Fsp3) is 0.0800. The van der Waals surface area contributed by atoms with E-state index in [9.17, 15) is 5.26 Å². The lowest BCUT2D eigenvalue weighted by atomic mass is 10.1. The minimum atomic E-state index is 0.481. The number of aromatic amines is 1. The minimum Gasteiger partial charge on any atom is -0.370 e. The monoisotopic (exact) mass is 417 g/mol. The summed E-state index contributed by atoms with van der Waals surface area (Å²) in [6.45, 7) is 0.705. The van der Waals surface area contributed by atoms with Gasteiger partial charge in [-0.25, -0.2) is 9.97 Å². The predicted molar refractivity (Wildman–Crippen MR) is 124 cm³/mol. The van der Waals surface area contributed by atoms with E-state index in [1.54, 1.807) is 18.5 Å². The molecule has 0 saturated carbocycles. The number of nitrogens with one attached hydrogen (secondary N) is 2. The second kappa shape index (κ2) is 8.66. The second-order valence-electron chi connectivity index (χ2n) is 7.29. The van der Waals surface area contributed by atoms with E-state index in [-0.39, 0.29) is 0 Å². The lowest BCUT2D eigenvalue weighted by molar-refractivity contribution is 1.01. The van der Waals surface area contributed by atoms with Crippen LogP contribution in [0.15, 0.2) is 79.4 Å². The summed E-state index contributed by atoms with van der Waals surface area (Å²) in [4.78, 5) is 21.2. The highest BCUT2D eigenvalue weighted by molar-refractivity contribution is 5.83. The highest BCUT2D eigenvalue weighted by atomic mass is 15.0. The SMILES string of the molecule is N#Cc1cncc(-c2cc(NCCc3c[nH]c4ccccc34)nc(-c3ccccn3)n2)c1. The molecule has 7 nitrogen and oxygen atoms in total. The maximum Gasteiger partial charge on any atom is 0.180 e. The van der Waals surface area contributed by atoms with Gasteiger partial charge in [0.2, 0.25) is 0 Å². The summed E-state index contributed by atoms with van der Waals surface area (Å²) in [5, 5.41) is 13.9. The maximum atomic E-state index is 9.23. The van der Waals surface area contributed by atoms with E-state index in [1.807, 2.05) is 36.4 Å². The molecule has 0 aliphatic rings. The van der Waals surface area contributed by atoms with Gasteiger partial charge in [0.25, 0.3) is 0 Å². The summed E-state index contributed by atoms with van der Waals surface area (Å²) >= 11 is 0. The summed E-state index contributed by atoms with van der Waals surface area (Å²) in [6.07, 6.45) is 7.84. The van der Waals surface area contributed by atoms with Crippen molar-refractivity contribution in [3.63, 3.8) is 0 Å². The molecular formula is C25H19N7. The second-order valence-corrected chi connectivity index (χ2v) is 7.29. The number of pyridine rings is 2. The lowest BCUT2D eigenvalue weighted by Gasteiger charge is -2.10. The number of hydrogen-bond donors (Lipinski definition) is 2. The molecule has 0 aliphatic carbocycles. The van der Waals surface area contributed by atoms with Gasteiger partial charge < -0.3 is 10.3 Å². The lowest BCUT2D eigenvalue weighted by Crippen LogP contribution is -2.08. The number of fused-ring (bicyclic) bond motifs is 1. The molecule has 0 atom stereocenters. The van der Waals surface area contributed by atoms with Crippen molar-refractivity contribution in [1.82, 2.24) is 24.9 Å². The predicted octanol–water partition coefficient (Wildman–Crippen LogP) is 4.61.